The monoisotopic (exact) mass is 351 g/mol. The molecule has 5 heteroatoms. The summed E-state index contributed by atoms with van der Waals surface area (Å²) in [5.74, 6) is -0.457. The summed E-state index contributed by atoms with van der Waals surface area (Å²) in [5.41, 5.74) is 4.85. The Morgan fingerprint density at radius 3 is 2.69 bits per heavy atom. The molecule has 0 radical (unpaired) electrons. The van der Waals surface area contributed by atoms with E-state index in [0.717, 1.165) is 12.2 Å². The zero-order valence-electron chi connectivity index (χ0n) is 14.9. The average molecular weight is 351 g/mol. The number of aromatic nitrogens is 1. The quantitative estimate of drug-likeness (QED) is 0.692. The molecular weight excluding hydrogens is 329 g/mol. The number of benzene rings is 2. The lowest BCUT2D eigenvalue weighted by molar-refractivity contribution is 0.251. The number of carbonyl (C=O) groups excluding carboxylic acids is 1. The maximum Gasteiger partial charge on any atom is 0.319 e. The van der Waals surface area contributed by atoms with Crippen molar-refractivity contribution in [1.82, 2.24) is 9.88 Å². The van der Waals surface area contributed by atoms with E-state index in [1.165, 1.54) is 28.8 Å². The highest BCUT2D eigenvalue weighted by atomic mass is 19.1. The van der Waals surface area contributed by atoms with E-state index in [2.05, 4.69) is 47.2 Å². The van der Waals surface area contributed by atoms with Crippen molar-refractivity contribution in [2.24, 2.45) is 0 Å². The van der Waals surface area contributed by atoms with Crippen LogP contribution in [-0.2, 0) is 13.1 Å². The Kier molecular flexibility index (Phi) is 5.37. The molecule has 0 unspecified atom stereocenters. The Bertz CT molecular complexity index is 917. The maximum atomic E-state index is 13.6. The third-order valence-corrected chi connectivity index (χ3v) is 4.32. The molecule has 26 heavy (non-hydrogen) atoms. The molecule has 2 aromatic carbocycles. The number of halogens is 1. The fraction of sp³-hybridized carbons (Fsp3) is 0.190. The first-order valence-corrected chi connectivity index (χ1v) is 8.52. The molecule has 4 nitrogen and oxygen atoms in total. The number of carbonyl (C=O) groups is 1. The number of hydrogen-bond acceptors (Lipinski definition) is 1. The molecule has 2 amide bonds. The van der Waals surface area contributed by atoms with Crippen LogP contribution in [0.2, 0.25) is 0 Å². The van der Waals surface area contributed by atoms with Crippen molar-refractivity contribution in [1.29, 1.82) is 0 Å². The summed E-state index contributed by atoms with van der Waals surface area (Å²) in [7, 11) is 0. The molecule has 1 aromatic heterocycles. The molecule has 0 fully saturated rings. The van der Waals surface area contributed by atoms with Gasteiger partial charge < -0.3 is 15.2 Å². The number of urea groups is 1. The first-order valence-electron chi connectivity index (χ1n) is 8.52. The SMILES string of the molecule is Cc1ccc(C)c(Cn2cccc2CNC(=O)Nc2ccccc2F)c1. The van der Waals surface area contributed by atoms with Crippen LogP contribution in [0.1, 0.15) is 22.4 Å². The van der Waals surface area contributed by atoms with Crippen LogP contribution in [0.3, 0.4) is 0 Å². The fourth-order valence-electron chi connectivity index (χ4n) is 2.82. The van der Waals surface area contributed by atoms with E-state index < -0.39 is 11.8 Å². The molecule has 0 aliphatic heterocycles. The molecule has 0 spiro atoms. The first-order chi connectivity index (χ1) is 12.5. The maximum absolute atomic E-state index is 13.6. The van der Waals surface area contributed by atoms with Gasteiger partial charge in [0.1, 0.15) is 5.82 Å². The third-order valence-electron chi connectivity index (χ3n) is 4.32. The highest BCUT2D eigenvalue weighted by Gasteiger charge is 2.08. The summed E-state index contributed by atoms with van der Waals surface area (Å²) in [4.78, 5) is 12.0. The van der Waals surface area contributed by atoms with Gasteiger partial charge in [-0.2, -0.15) is 0 Å². The number of rotatable bonds is 5. The average Bonchev–Trinajstić information content (AvgIpc) is 3.05. The summed E-state index contributed by atoms with van der Waals surface area (Å²) in [6.45, 7) is 5.27. The van der Waals surface area contributed by atoms with Crippen LogP contribution >= 0.6 is 0 Å². The summed E-state index contributed by atoms with van der Waals surface area (Å²) < 4.78 is 15.7. The standard InChI is InChI=1S/C21H22FN3O/c1-15-9-10-16(2)17(12-15)14-25-11-5-6-18(25)13-23-21(26)24-20-8-4-3-7-19(20)22/h3-12H,13-14H2,1-2H3,(H2,23,24,26). The van der Waals surface area contributed by atoms with Crippen LogP contribution in [0.4, 0.5) is 14.9 Å². The molecule has 2 N–H and O–H groups in total. The van der Waals surface area contributed by atoms with E-state index in [0.29, 0.717) is 6.54 Å². The van der Waals surface area contributed by atoms with Crippen LogP contribution in [0.25, 0.3) is 0 Å². The lowest BCUT2D eigenvalue weighted by Crippen LogP contribution is -2.29. The Morgan fingerprint density at radius 1 is 1.08 bits per heavy atom. The van der Waals surface area contributed by atoms with E-state index in [4.69, 9.17) is 0 Å². The van der Waals surface area contributed by atoms with Gasteiger partial charge in [0.05, 0.1) is 12.2 Å². The fourth-order valence-corrected chi connectivity index (χ4v) is 2.82. The summed E-state index contributed by atoms with van der Waals surface area (Å²) in [6, 6.07) is 16.0. The number of hydrogen-bond donors (Lipinski definition) is 2. The molecular formula is C21H22FN3O. The normalized spacial score (nSPS) is 10.6. The van der Waals surface area contributed by atoms with Crippen molar-refractivity contribution >= 4 is 11.7 Å². The van der Waals surface area contributed by atoms with Gasteiger partial charge in [0, 0.05) is 18.4 Å². The summed E-state index contributed by atoms with van der Waals surface area (Å²) >= 11 is 0. The van der Waals surface area contributed by atoms with Gasteiger partial charge in [-0.3, -0.25) is 0 Å². The largest absolute Gasteiger partial charge is 0.345 e. The van der Waals surface area contributed by atoms with Gasteiger partial charge in [-0.1, -0.05) is 35.9 Å². The summed E-state index contributed by atoms with van der Waals surface area (Å²) in [5, 5.41) is 5.30. The van der Waals surface area contributed by atoms with E-state index in [1.54, 1.807) is 12.1 Å². The van der Waals surface area contributed by atoms with Gasteiger partial charge in [0.25, 0.3) is 0 Å². The predicted octanol–water partition coefficient (Wildman–Crippen LogP) is 4.61. The van der Waals surface area contributed by atoms with Crippen molar-refractivity contribution in [3.63, 3.8) is 0 Å². The number of nitrogens with zero attached hydrogens (tertiary/aromatic N) is 1. The van der Waals surface area contributed by atoms with E-state index >= 15 is 0 Å². The van der Waals surface area contributed by atoms with Crippen molar-refractivity contribution < 1.29 is 9.18 Å². The molecule has 0 saturated heterocycles. The minimum absolute atomic E-state index is 0.163. The second kappa shape index (κ2) is 7.87. The van der Waals surface area contributed by atoms with Crippen molar-refractivity contribution in [2.45, 2.75) is 26.9 Å². The molecule has 3 aromatic rings. The third kappa shape index (κ3) is 4.30. The van der Waals surface area contributed by atoms with Crippen molar-refractivity contribution in [2.75, 3.05) is 5.32 Å². The molecule has 134 valence electrons. The first kappa shape index (κ1) is 17.7. The zero-order chi connectivity index (χ0) is 18.5. The number of amides is 2. The van der Waals surface area contributed by atoms with Crippen molar-refractivity contribution in [3.8, 4) is 0 Å². The molecule has 0 saturated carbocycles. The highest BCUT2D eigenvalue weighted by molar-refractivity contribution is 5.89. The Labute approximate surface area is 152 Å². The number of anilines is 1. The molecule has 0 atom stereocenters. The lowest BCUT2D eigenvalue weighted by atomic mass is 10.1. The van der Waals surface area contributed by atoms with Gasteiger partial charge in [-0.05, 0) is 49.2 Å². The van der Waals surface area contributed by atoms with Gasteiger partial charge in [-0.25, -0.2) is 9.18 Å². The molecule has 3 rings (SSSR count). The molecule has 0 aliphatic rings. The van der Waals surface area contributed by atoms with Crippen LogP contribution in [0.15, 0.2) is 60.8 Å². The van der Waals surface area contributed by atoms with Gasteiger partial charge in [0.15, 0.2) is 0 Å². The minimum atomic E-state index is -0.457. The van der Waals surface area contributed by atoms with Crippen molar-refractivity contribution in [3.05, 3.63) is 89.0 Å². The summed E-state index contributed by atoms with van der Waals surface area (Å²) in [6.07, 6.45) is 1.99. The van der Waals surface area contributed by atoms with E-state index in [1.807, 2.05) is 18.3 Å². The van der Waals surface area contributed by atoms with Crippen LogP contribution < -0.4 is 10.6 Å². The highest BCUT2D eigenvalue weighted by Crippen LogP contribution is 2.15. The number of nitrogens with one attached hydrogen (secondary N) is 2. The molecule has 1 heterocycles. The lowest BCUT2D eigenvalue weighted by Gasteiger charge is -2.13. The number of para-hydroxylation sites is 1. The second-order valence-electron chi connectivity index (χ2n) is 6.34. The van der Waals surface area contributed by atoms with Gasteiger partial charge in [-0.15, -0.1) is 0 Å². The predicted molar refractivity (Wildman–Crippen MR) is 102 cm³/mol. The van der Waals surface area contributed by atoms with Gasteiger partial charge >= 0.3 is 6.03 Å². The second-order valence-corrected chi connectivity index (χ2v) is 6.34. The van der Waals surface area contributed by atoms with E-state index in [9.17, 15) is 9.18 Å². The van der Waals surface area contributed by atoms with Crippen LogP contribution in [-0.4, -0.2) is 10.6 Å². The molecule has 0 bridgehead atoms. The minimum Gasteiger partial charge on any atom is -0.345 e. The number of aryl methyl sites for hydroxylation is 2. The Morgan fingerprint density at radius 2 is 1.88 bits per heavy atom. The van der Waals surface area contributed by atoms with Crippen LogP contribution in [0, 0.1) is 19.7 Å². The Balaban J connectivity index is 1.63. The Hall–Kier alpha value is -3.08. The van der Waals surface area contributed by atoms with E-state index in [-0.39, 0.29) is 5.69 Å². The topological polar surface area (TPSA) is 46.1 Å². The zero-order valence-corrected chi connectivity index (χ0v) is 14.9. The smallest absolute Gasteiger partial charge is 0.319 e. The van der Waals surface area contributed by atoms with Crippen LogP contribution in [0.5, 0.6) is 0 Å². The van der Waals surface area contributed by atoms with Gasteiger partial charge in [0.2, 0.25) is 0 Å². The molecule has 0 aliphatic carbocycles.